The third-order valence-corrected chi connectivity index (χ3v) is 4.58. The van der Waals surface area contributed by atoms with E-state index in [2.05, 4.69) is 6.58 Å². The smallest absolute Gasteiger partial charge is 0.334 e. The third kappa shape index (κ3) is 1.34. The molecule has 0 unspecified atom stereocenters. The van der Waals surface area contributed by atoms with Gasteiger partial charge in [-0.15, -0.1) is 0 Å². The fourth-order valence-electron chi connectivity index (χ4n) is 3.81. The number of hydrogen-bond acceptors (Lipinski definition) is 2. The van der Waals surface area contributed by atoms with Crippen LogP contribution in [0.25, 0.3) is 0 Å². The van der Waals surface area contributed by atoms with Crippen LogP contribution in [0.15, 0.2) is 12.2 Å². The Morgan fingerprint density at radius 2 is 1.87 bits per heavy atom. The van der Waals surface area contributed by atoms with Crippen LogP contribution in [0.3, 0.4) is 0 Å². The Balaban J connectivity index is 1.89. The van der Waals surface area contributed by atoms with Gasteiger partial charge in [0.25, 0.3) is 0 Å². The van der Waals surface area contributed by atoms with Crippen molar-refractivity contribution in [3.63, 3.8) is 0 Å². The molecule has 3 aliphatic rings. The molecule has 0 aromatic heterocycles. The minimum absolute atomic E-state index is 0.127. The van der Waals surface area contributed by atoms with Gasteiger partial charge >= 0.3 is 5.97 Å². The Morgan fingerprint density at radius 3 is 2.67 bits per heavy atom. The Morgan fingerprint density at radius 1 is 1.13 bits per heavy atom. The van der Waals surface area contributed by atoms with Crippen LogP contribution in [0.1, 0.15) is 38.5 Å². The molecule has 2 aliphatic carbocycles. The van der Waals surface area contributed by atoms with E-state index in [1.165, 1.54) is 32.1 Å². The molecule has 0 radical (unpaired) electrons. The highest BCUT2D eigenvalue weighted by Crippen LogP contribution is 2.48. The third-order valence-electron chi connectivity index (χ3n) is 4.58. The number of rotatable bonds is 0. The van der Waals surface area contributed by atoms with Crippen molar-refractivity contribution in [2.75, 3.05) is 0 Å². The Hall–Kier alpha value is -0.790. The summed E-state index contributed by atoms with van der Waals surface area (Å²) < 4.78 is 5.53. The van der Waals surface area contributed by atoms with Gasteiger partial charge in [-0.05, 0) is 24.7 Å². The maximum atomic E-state index is 11.5. The minimum atomic E-state index is -0.127. The molecule has 0 aromatic carbocycles. The summed E-state index contributed by atoms with van der Waals surface area (Å²) in [5.74, 6) is 1.67. The van der Waals surface area contributed by atoms with Crippen LogP contribution in [-0.4, -0.2) is 12.1 Å². The molecule has 15 heavy (non-hydrogen) atoms. The molecule has 1 aliphatic heterocycles. The molecular formula is C13H18O2. The van der Waals surface area contributed by atoms with Gasteiger partial charge in [0.2, 0.25) is 0 Å². The summed E-state index contributed by atoms with van der Waals surface area (Å²) in [4.78, 5) is 11.5. The molecule has 3 rings (SSSR count). The van der Waals surface area contributed by atoms with Gasteiger partial charge in [-0.1, -0.05) is 32.3 Å². The lowest BCUT2D eigenvalue weighted by atomic mass is 9.84. The van der Waals surface area contributed by atoms with Crippen molar-refractivity contribution in [1.29, 1.82) is 0 Å². The molecule has 0 amide bonds. The number of hydrogen-bond donors (Lipinski definition) is 0. The van der Waals surface area contributed by atoms with Gasteiger partial charge < -0.3 is 4.74 Å². The van der Waals surface area contributed by atoms with E-state index in [-0.39, 0.29) is 12.1 Å². The second-order valence-electron chi connectivity index (χ2n) is 5.29. The highest BCUT2D eigenvalue weighted by molar-refractivity contribution is 5.90. The molecule has 4 atom stereocenters. The van der Waals surface area contributed by atoms with Crippen LogP contribution in [0.2, 0.25) is 0 Å². The maximum absolute atomic E-state index is 11.5. The number of fused-ring (bicyclic) bond motifs is 3. The molecule has 2 saturated carbocycles. The Kier molecular flexibility index (Phi) is 2.11. The lowest BCUT2D eigenvalue weighted by Gasteiger charge is -2.24. The molecule has 3 fully saturated rings. The van der Waals surface area contributed by atoms with Gasteiger partial charge in [0.05, 0.1) is 0 Å². The standard InChI is InChI=1S/C13H18O2/c1-8-10-6-2-4-9-5-3-7-11(9)12(10)15-13(8)14/h9-12H,1-7H2/t9-,10+,11-,12+/m1/s1. The zero-order valence-electron chi connectivity index (χ0n) is 9.08. The molecule has 1 saturated heterocycles. The summed E-state index contributed by atoms with van der Waals surface area (Å²) in [6.07, 6.45) is 7.80. The average molecular weight is 206 g/mol. The average Bonchev–Trinajstić information content (AvgIpc) is 2.73. The number of carbonyl (C=O) groups is 1. The Labute approximate surface area is 90.7 Å². The van der Waals surface area contributed by atoms with Crippen molar-refractivity contribution in [2.24, 2.45) is 17.8 Å². The zero-order chi connectivity index (χ0) is 10.4. The zero-order valence-corrected chi connectivity index (χ0v) is 9.08. The van der Waals surface area contributed by atoms with E-state index in [1.54, 1.807) is 0 Å². The molecule has 0 bridgehead atoms. The Bertz CT molecular complexity index is 308. The normalized spacial score (nSPS) is 44.5. The van der Waals surface area contributed by atoms with Crippen molar-refractivity contribution in [1.82, 2.24) is 0 Å². The summed E-state index contributed by atoms with van der Waals surface area (Å²) in [5.41, 5.74) is 0.743. The van der Waals surface area contributed by atoms with Gasteiger partial charge in [0.1, 0.15) is 6.10 Å². The molecule has 82 valence electrons. The SMILES string of the molecule is C=C1C(=O)O[C@@H]2[C@@H]3CCC[C@H]3CCC[C@@H]12. The number of ether oxygens (including phenoxy) is 1. The second kappa shape index (κ2) is 3.36. The number of esters is 1. The van der Waals surface area contributed by atoms with E-state index in [4.69, 9.17) is 4.74 Å². The van der Waals surface area contributed by atoms with Gasteiger partial charge in [0.15, 0.2) is 0 Å². The van der Waals surface area contributed by atoms with Gasteiger partial charge in [-0.3, -0.25) is 0 Å². The predicted molar refractivity (Wildman–Crippen MR) is 57.2 cm³/mol. The first-order valence-electron chi connectivity index (χ1n) is 6.17. The minimum Gasteiger partial charge on any atom is -0.458 e. The molecule has 1 heterocycles. The summed E-state index contributed by atoms with van der Waals surface area (Å²) in [6, 6.07) is 0. The van der Waals surface area contributed by atoms with Crippen molar-refractivity contribution >= 4 is 5.97 Å². The van der Waals surface area contributed by atoms with Crippen LogP contribution < -0.4 is 0 Å². The van der Waals surface area contributed by atoms with Crippen molar-refractivity contribution < 1.29 is 9.53 Å². The van der Waals surface area contributed by atoms with Gasteiger partial charge in [-0.2, -0.15) is 0 Å². The van der Waals surface area contributed by atoms with Crippen LogP contribution in [0.4, 0.5) is 0 Å². The first-order valence-corrected chi connectivity index (χ1v) is 6.17. The monoisotopic (exact) mass is 206 g/mol. The van der Waals surface area contributed by atoms with Crippen molar-refractivity contribution in [3.8, 4) is 0 Å². The molecule has 0 aromatic rings. The maximum Gasteiger partial charge on any atom is 0.334 e. The summed E-state index contributed by atoms with van der Waals surface area (Å²) in [5, 5.41) is 0. The van der Waals surface area contributed by atoms with E-state index in [0.717, 1.165) is 17.9 Å². The van der Waals surface area contributed by atoms with E-state index in [0.29, 0.717) is 11.8 Å². The van der Waals surface area contributed by atoms with E-state index in [1.807, 2.05) is 0 Å². The van der Waals surface area contributed by atoms with Crippen LogP contribution in [0, 0.1) is 17.8 Å². The van der Waals surface area contributed by atoms with Crippen LogP contribution in [0.5, 0.6) is 0 Å². The van der Waals surface area contributed by atoms with Crippen molar-refractivity contribution in [3.05, 3.63) is 12.2 Å². The van der Waals surface area contributed by atoms with E-state index >= 15 is 0 Å². The van der Waals surface area contributed by atoms with E-state index in [9.17, 15) is 4.79 Å². The summed E-state index contributed by atoms with van der Waals surface area (Å²) in [7, 11) is 0. The molecule has 2 heteroatoms. The second-order valence-corrected chi connectivity index (χ2v) is 5.29. The van der Waals surface area contributed by atoms with Crippen LogP contribution in [-0.2, 0) is 9.53 Å². The van der Waals surface area contributed by atoms with E-state index < -0.39 is 0 Å². The first-order chi connectivity index (χ1) is 7.27. The predicted octanol–water partition coefficient (Wildman–Crippen LogP) is 2.68. The quantitative estimate of drug-likeness (QED) is 0.450. The van der Waals surface area contributed by atoms with Gasteiger partial charge in [0, 0.05) is 11.5 Å². The first kappa shape index (κ1) is 9.44. The fourth-order valence-corrected chi connectivity index (χ4v) is 3.81. The van der Waals surface area contributed by atoms with Crippen LogP contribution >= 0.6 is 0 Å². The molecule has 0 spiro atoms. The molecule has 0 N–H and O–H groups in total. The lowest BCUT2D eigenvalue weighted by Crippen LogP contribution is -2.27. The van der Waals surface area contributed by atoms with Crippen molar-refractivity contribution in [2.45, 2.75) is 44.6 Å². The molecule has 2 nitrogen and oxygen atoms in total. The number of carbonyl (C=O) groups excluding carboxylic acids is 1. The largest absolute Gasteiger partial charge is 0.458 e. The lowest BCUT2D eigenvalue weighted by molar-refractivity contribution is -0.141. The summed E-state index contributed by atoms with van der Waals surface area (Å²) in [6.45, 7) is 3.90. The molecular weight excluding hydrogens is 188 g/mol. The highest BCUT2D eigenvalue weighted by atomic mass is 16.6. The van der Waals surface area contributed by atoms with Gasteiger partial charge in [-0.25, -0.2) is 4.79 Å². The fraction of sp³-hybridized carbons (Fsp3) is 0.769. The highest BCUT2D eigenvalue weighted by Gasteiger charge is 2.47. The topological polar surface area (TPSA) is 26.3 Å². The summed E-state index contributed by atoms with van der Waals surface area (Å²) >= 11 is 0.